The van der Waals surface area contributed by atoms with Crippen LogP contribution in [0, 0.1) is 0 Å². The molecule has 2 aliphatic heterocycles. The summed E-state index contributed by atoms with van der Waals surface area (Å²) in [6, 6.07) is 25.0. The molecular formula is C46H64N3NaO17SSi2. The molecule has 20 nitrogen and oxygen atoms in total. The molecule has 0 radical (unpaired) electrons. The molecule has 2 fully saturated rings. The van der Waals surface area contributed by atoms with Gasteiger partial charge in [0.2, 0.25) is 10.4 Å². The van der Waals surface area contributed by atoms with Crippen LogP contribution in [0.15, 0.2) is 90.0 Å². The molecule has 3 aromatic carbocycles. The van der Waals surface area contributed by atoms with Gasteiger partial charge in [0.25, 0.3) is 8.32 Å². The summed E-state index contributed by atoms with van der Waals surface area (Å²) in [4.78, 5) is 29.3. The van der Waals surface area contributed by atoms with Crippen LogP contribution in [0.1, 0.15) is 33.3 Å². The standard InChI is InChI=1S/C46H65N3O17SSi2.Na/c1-30(50)62-42-39(60-29-58-25-26-68(8,9)10)40(41(43(51)56-6)65-45(42)57-7)64-44-36(48-49-47)38(66-67(52,53)54)37(59-27-31-21-23-32(55-5)24-22-31)35(63-44)28-61-69(46(2,3)4,33-17-13-11-14-18-33)34-19-15-12-16-20-34;/h11-24,35-42,44-45H,25-29H2,1-10H3,(H,52,53,54);/q;+1/p-1/t35-,36-,37-,38-,39+,40+,41+,42-,44-,45+;/m1./s1. The van der Waals surface area contributed by atoms with Gasteiger partial charge in [-0.05, 0) is 44.7 Å². The monoisotopic (exact) mass is 1040 g/mol. The van der Waals surface area contributed by atoms with Gasteiger partial charge in [-0.25, -0.2) is 13.2 Å². The second-order valence-corrected chi connectivity index (χ2v) is 29.6. The zero-order chi connectivity index (χ0) is 50.6. The summed E-state index contributed by atoms with van der Waals surface area (Å²) >= 11 is 0. The van der Waals surface area contributed by atoms with E-state index < -0.39 is 112 Å². The molecular weight excluding hydrogens is 978 g/mol. The van der Waals surface area contributed by atoms with Gasteiger partial charge in [-0.1, -0.05) is 118 Å². The predicted molar refractivity (Wildman–Crippen MR) is 253 cm³/mol. The number of carbonyl (C=O) groups is 2. The second-order valence-electron chi connectivity index (χ2n) is 18.6. The minimum Gasteiger partial charge on any atom is -0.726 e. The zero-order valence-corrected chi connectivity index (χ0v) is 46.4. The van der Waals surface area contributed by atoms with E-state index in [1.807, 2.05) is 60.7 Å². The van der Waals surface area contributed by atoms with Gasteiger partial charge < -0.3 is 56.3 Å². The van der Waals surface area contributed by atoms with E-state index in [4.69, 9.17) is 56.0 Å². The van der Waals surface area contributed by atoms with Gasteiger partial charge in [0.1, 0.15) is 49.1 Å². The number of rotatable bonds is 23. The van der Waals surface area contributed by atoms with Crippen molar-refractivity contribution in [2.45, 2.75) is 126 Å². The fourth-order valence-electron chi connectivity index (χ4n) is 8.33. The number of carbonyl (C=O) groups excluding carboxylic acids is 2. The van der Waals surface area contributed by atoms with Crippen LogP contribution < -0.4 is 44.7 Å². The second kappa shape index (κ2) is 26.6. The van der Waals surface area contributed by atoms with Crippen LogP contribution in [0.25, 0.3) is 10.4 Å². The largest absolute Gasteiger partial charge is 1.00 e. The molecule has 2 aliphatic rings. The van der Waals surface area contributed by atoms with E-state index in [1.54, 1.807) is 24.3 Å². The first-order chi connectivity index (χ1) is 32.7. The van der Waals surface area contributed by atoms with Crippen LogP contribution in [0.3, 0.4) is 0 Å². The SMILES string of the molecule is COC(=O)[C@H]1O[C@H](OC)[C@H](OC(C)=O)[C@@H](OCOCC[Si](C)(C)C)[C@@H]1O[C@H]1O[C@H](CO[Si](c2ccccc2)(c2ccccc2)C(C)(C)C)[C@@H](OCc2ccc(OC)cc2)[C@H](OS(=O)(=O)[O-])[C@H]1N=[N+]=[N-].[Na+]. The van der Waals surface area contributed by atoms with Crippen LogP contribution in [0.5, 0.6) is 5.75 Å². The van der Waals surface area contributed by atoms with E-state index in [2.05, 4.69) is 50.4 Å². The Morgan fingerprint density at radius 2 is 1.44 bits per heavy atom. The van der Waals surface area contributed by atoms with Crippen LogP contribution in [0.2, 0.25) is 30.7 Å². The molecule has 2 saturated heterocycles. The van der Waals surface area contributed by atoms with E-state index in [0.29, 0.717) is 17.9 Å². The Bertz CT molecular complexity index is 2230. The molecule has 0 unspecified atom stereocenters. The summed E-state index contributed by atoms with van der Waals surface area (Å²) in [5.41, 5.74) is 10.7. The van der Waals surface area contributed by atoms with Gasteiger partial charge in [0, 0.05) is 33.6 Å². The van der Waals surface area contributed by atoms with Crippen LogP contribution in [-0.4, -0.2) is 144 Å². The number of ether oxygens (including phenoxy) is 10. The maximum absolute atomic E-state index is 13.7. The number of benzene rings is 3. The summed E-state index contributed by atoms with van der Waals surface area (Å²) in [7, 11) is -6.71. The topological polar surface area (TPSA) is 251 Å². The van der Waals surface area contributed by atoms with Gasteiger partial charge in [-0.3, -0.25) is 8.98 Å². The van der Waals surface area contributed by atoms with E-state index >= 15 is 0 Å². The Morgan fingerprint density at radius 3 is 1.94 bits per heavy atom. The Kier molecular flexibility index (Phi) is 22.5. The van der Waals surface area contributed by atoms with Gasteiger partial charge in [0.05, 0.1) is 27.4 Å². The third-order valence-corrected chi connectivity index (χ3v) is 18.8. The minimum absolute atomic E-state index is 0. The molecule has 3 aromatic rings. The molecule has 70 heavy (non-hydrogen) atoms. The average molecular weight is 1040 g/mol. The Morgan fingerprint density at radius 1 is 0.829 bits per heavy atom. The van der Waals surface area contributed by atoms with Crippen molar-refractivity contribution in [3.63, 3.8) is 0 Å². The van der Waals surface area contributed by atoms with Gasteiger partial charge in [-0.15, -0.1) is 0 Å². The minimum atomic E-state index is -5.62. The first kappa shape index (κ1) is 59.3. The normalized spacial score (nSPS) is 25.2. The van der Waals surface area contributed by atoms with Gasteiger partial charge in [0.15, 0.2) is 24.8 Å². The van der Waals surface area contributed by atoms with Crippen molar-refractivity contribution in [1.82, 2.24) is 0 Å². The Labute approximate surface area is 434 Å². The number of methoxy groups -OCH3 is 3. The maximum atomic E-state index is 13.7. The molecule has 5 rings (SSSR count). The van der Waals surface area contributed by atoms with Gasteiger partial charge >= 0.3 is 41.5 Å². The van der Waals surface area contributed by atoms with Crippen LogP contribution in [-0.2, 0) is 77.8 Å². The quantitative estimate of drug-likeness (QED) is 0.0152. The molecule has 24 heteroatoms. The van der Waals surface area contributed by atoms with E-state index in [0.717, 1.165) is 30.5 Å². The van der Waals surface area contributed by atoms with Crippen molar-refractivity contribution < 1.29 is 108 Å². The molecule has 0 aromatic heterocycles. The van der Waals surface area contributed by atoms with Crippen molar-refractivity contribution >= 4 is 49.1 Å². The number of hydrogen-bond donors (Lipinski definition) is 0. The molecule has 0 saturated carbocycles. The summed E-state index contributed by atoms with van der Waals surface area (Å²) < 4.78 is 111. The molecule has 0 aliphatic carbocycles. The molecule has 0 N–H and O–H groups in total. The van der Waals surface area contributed by atoms with Crippen molar-refractivity contribution in [3.05, 3.63) is 101 Å². The molecule has 0 amide bonds. The molecule has 10 atom stereocenters. The number of azide groups is 1. The average Bonchev–Trinajstić information content (AvgIpc) is 3.29. The fourth-order valence-corrected chi connectivity index (χ4v) is 14.2. The maximum Gasteiger partial charge on any atom is 1.00 e. The number of hydrogen-bond acceptors (Lipinski definition) is 18. The summed E-state index contributed by atoms with van der Waals surface area (Å²) in [6.07, 6.45) is -14.4. The van der Waals surface area contributed by atoms with Crippen molar-refractivity contribution in [2.24, 2.45) is 5.11 Å². The van der Waals surface area contributed by atoms with Crippen molar-refractivity contribution in [2.75, 3.05) is 41.3 Å². The molecule has 0 bridgehead atoms. The van der Waals surface area contributed by atoms with E-state index in [1.165, 1.54) is 14.2 Å². The zero-order valence-electron chi connectivity index (χ0n) is 41.6. The molecule has 380 valence electrons. The van der Waals surface area contributed by atoms with E-state index in [-0.39, 0.29) is 42.8 Å². The Balaban J connectivity index is 0.0000107. The fraction of sp³-hybridized carbons (Fsp3) is 0.565. The van der Waals surface area contributed by atoms with Crippen LogP contribution in [0.4, 0.5) is 0 Å². The summed E-state index contributed by atoms with van der Waals surface area (Å²) in [6.45, 7) is 13.2. The first-order valence-corrected chi connectivity index (χ1v) is 29.2. The summed E-state index contributed by atoms with van der Waals surface area (Å²) in [5.74, 6) is -1.21. The predicted octanol–water partition coefficient (Wildman–Crippen LogP) is 1.97. The third kappa shape index (κ3) is 15.6. The van der Waals surface area contributed by atoms with Crippen molar-refractivity contribution in [3.8, 4) is 5.75 Å². The van der Waals surface area contributed by atoms with Gasteiger partial charge in [-0.2, -0.15) is 0 Å². The van der Waals surface area contributed by atoms with Crippen molar-refractivity contribution in [1.29, 1.82) is 0 Å². The third-order valence-electron chi connectivity index (χ3n) is 11.6. The van der Waals surface area contributed by atoms with Crippen LogP contribution >= 0.6 is 0 Å². The molecule has 2 heterocycles. The molecule has 0 spiro atoms. The Hall–Kier alpha value is -3.31. The summed E-state index contributed by atoms with van der Waals surface area (Å²) in [5, 5.41) is 5.08. The number of esters is 2. The van der Waals surface area contributed by atoms with E-state index in [9.17, 15) is 28.1 Å². The smallest absolute Gasteiger partial charge is 0.726 e. The number of nitrogens with zero attached hydrogens (tertiary/aromatic N) is 3. The first-order valence-electron chi connectivity index (χ1n) is 22.3.